The predicted molar refractivity (Wildman–Crippen MR) is 122 cm³/mol. The molecule has 2 atom stereocenters. The van der Waals surface area contributed by atoms with Crippen molar-refractivity contribution in [1.82, 2.24) is 0 Å². The molecule has 4 rings (SSSR count). The molecular formula is C28H26O2. The summed E-state index contributed by atoms with van der Waals surface area (Å²) < 4.78 is 0. The molecule has 0 saturated heterocycles. The molecule has 4 aromatic carbocycles. The SMILES string of the molecule is Cc1ccc(C(c2ccc(O)cc2)C(c2ccc(C)cc2)c2ccc(O)cc2)cc1. The third kappa shape index (κ3) is 4.23. The van der Waals surface area contributed by atoms with Crippen LogP contribution in [0, 0.1) is 13.8 Å². The van der Waals surface area contributed by atoms with Gasteiger partial charge < -0.3 is 10.2 Å². The Morgan fingerprint density at radius 1 is 0.400 bits per heavy atom. The summed E-state index contributed by atoms with van der Waals surface area (Å²) in [5.74, 6) is 0.632. The molecule has 30 heavy (non-hydrogen) atoms. The highest BCUT2D eigenvalue weighted by Crippen LogP contribution is 2.43. The van der Waals surface area contributed by atoms with Gasteiger partial charge in [0, 0.05) is 11.8 Å². The topological polar surface area (TPSA) is 40.5 Å². The molecule has 0 heterocycles. The normalized spacial score (nSPS) is 13.0. The molecule has 150 valence electrons. The van der Waals surface area contributed by atoms with Crippen molar-refractivity contribution in [1.29, 1.82) is 0 Å². The summed E-state index contributed by atoms with van der Waals surface area (Å²) in [6.07, 6.45) is 0. The van der Waals surface area contributed by atoms with Gasteiger partial charge in [0.05, 0.1) is 0 Å². The molecule has 0 fully saturated rings. The molecule has 4 aromatic rings. The predicted octanol–water partition coefficient (Wildman–Crippen LogP) is 6.68. The van der Waals surface area contributed by atoms with E-state index in [-0.39, 0.29) is 23.3 Å². The average molecular weight is 395 g/mol. The maximum Gasteiger partial charge on any atom is 0.115 e. The van der Waals surface area contributed by atoms with Crippen LogP contribution in [0.5, 0.6) is 11.5 Å². The Balaban J connectivity index is 1.93. The molecule has 0 spiro atoms. The first-order chi connectivity index (χ1) is 14.5. The second kappa shape index (κ2) is 8.46. The van der Waals surface area contributed by atoms with E-state index in [2.05, 4.69) is 62.4 Å². The van der Waals surface area contributed by atoms with Crippen LogP contribution in [-0.2, 0) is 0 Å². The Morgan fingerprint density at radius 3 is 0.900 bits per heavy atom. The lowest BCUT2D eigenvalue weighted by atomic mass is 9.73. The van der Waals surface area contributed by atoms with Gasteiger partial charge in [0.15, 0.2) is 0 Å². The maximum absolute atomic E-state index is 9.85. The summed E-state index contributed by atoms with van der Waals surface area (Å²) in [4.78, 5) is 0. The van der Waals surface area contributed by atoms with Crippen molar-refractivity contribution in [3.63, 3.8) is 0 Å². The van der Waals surface area contributed by atoms with Gasteiger partial charge in [-0.3, -0.25) is 0 Å². The minimum Gasteiger partial charge on any atom is -0.508 e. The number of phenolic OH excluding ortho intramolecular Hbond substituents is 2. The number of aromatic hydroxyl groups is 2. The first kappa shape index (κ1) is 19.8. The van der Waals surface area contributed by atoms with Crippen molar-refractivity contribution >= 4 is 0 Å². The summed E-state index contributed by atoms with van der Waals surface area (Å²) in [7, 11) is 0. The van der Waals surface area contributed by atoms with Gasteiger partial charge in [-0.05, 0) is 60.4 Å². The summed E-state index contributed by atoms with van der Waals surface area (Å²) in [6, 6.07) is 32.3. The number of aryl methyl sites for hydroxylation is 2. The Bertz CT molecular complexity index is 909. The third-order valence-corrected chi connectivity index (χ3v) is 5.71. The van der Waals surface area contributed by atoms with Crippen molar-refractivity contribution in [3.8, 4) is 11.5 Å². The van der Waals surface area contributed by atoms with Crippen molar-refractivity contribution < 1.29 is 10.2 Å². The Kier molecular flexibility index (Phi) is 5.58. The molecule has 2 unspecified atom stereocenters. The van der Waals surface area contributed by atoms with Crippen LogP contribution in [0.2, 0.25) is 0 Å². The highest BCUT2D eigenvalue weighted by molar-refractivity contribution is 5.47. The largest absolute Gasteiger partial charge is 0.508 e. The minimum atomic E-state index is 0.0541. The monoisotopic (exact) mass is 394 g/mol. The van der Waals surface area contributed by atoms with E-state index in [0.717, 1.165) is 11.1 Å². The summed E-state index contributed by atoms with van der Waals surface area (Å²) in [5, 5.41) is 19.7. The molecule has 0 saturated carbocycles. The molecular weight excluding hydrogens is 368 g/mol. The van der Waals surface area contributed by atoms with Gasteiger partial charge in [0.1, 0.15) is 11.5 Å². The fourth-order valence-corrected chi connectivity index (χ4v) is 4.07. The van der Waals surface area contributed by atoms with Gasteiger partial charge in [-0.2, -0.15) is 0 Å². The Morgan fingerprint density at radius 2 is 0.633 bits per heavy atom. The number of rotatable bonds is 5. The lowest BCUT2D eigenvalue weighted by Gasteiger charge is -2.30. The third-order valence-electron chi connectivity index (χ3n) is 5.71. The number of benzene rings is 4. The second-order valence-electron chi connectivity index (χ2n) is 7.96. The standard InChI is InChI=1S/C28H26O2/c1-19-3-7-21(8-4-19)27(23-11-15-25(29)16-12-23)28(22-9-5-20(2)6-10-22)24-13-17-26(30)18-14-24/h3-18,27-30H,1-2H3. The first-order valence-corrected chi connectivity index (χ1v) is 10.2. The fraction of sp³-hybridized carbons (Fsp3) is 0.143. The van der Waals surface area contributed by atoms with E-state index in [4.69, 9.17) is 0 Å². The van der Waals surface area contributed by atoms with E-state index in [0.29, 0.717) is 0 Å². The van der Waals surface area contributed by atoms with E-state index >= 15 is 0 Å². The van der Waals surface area contributed by atoms with Gasteiger partial charge in [-0.25, -0.2) is 0 Å². The van der Waals surface area contributed by atoms with Crippen molar-refractivity contribution in [3.05, 3.63) is 130 Å². The van der Waals surface area contributed by atoms with Crippen LogP contribution in [-0.4, -0.2) is 10.2 Å². The van der Waals surface area contributed by atoms with Crippen LogP contribution < -0.4 is 0 Å². The molecule has 2 nitrogen and oxygen atoms in total. The van der Waals surface area contributed by atoms with Gasteiger partial charge in [-0.1, -0.05) is 83.9 Å². The van der Waals surface area contributed by atoms with Crippen molar-refractivity contribution in [2.24, 2.45) is 0 Å². The fourth-order valence-electron chi connectivity index (χ4n) is 4.07. The number of hydrogen-bond donors (Lipinski definition) is 2. The summed E-state index contributed by atoms with van der Waals surface area (Å²) in [5.41, 5.74) is 7.14. The van der Waals surface area contributed by atoms with Crippen LogP contribution in [0.25, 0.3) is 0 Å². The van der Waals surface area contributed by atoms with Gasteiger partial charge in [-0.15, -0.1) is 0 Å². The first-order valence-electron chi connectivity index (χ1n) is 10.2. The zero-order valence-electron chi connectivity index (χ0n) is 17.3. The lowest BCUT2D eigenvalue weighted by molar-refractivity contribution is 0.474. The molecule has 0 amide bonds. The van der Waals surface area contributed by atoms with Crippen molar-refractivity contribution in [2.75, 3.05) is 0 Å². The minimum absolute atomic E-state index is 0.0541. The quantitative estimate of drug-likeness (QED) is 0.396. The molecule has 0 aliphatic heterocycles. The zero-order valence-corrected chi connectivity index (χ0v) is 17.3. The van der Waals surface area contributed by atoms with Gasteiger partial charge >= 0.3 is 0 Å². The number of hydrogen-bond acceptors (Lipinski definition) is 2. The second-order valence-corrected chi connectivity index (χ2v) is 7.96. The van der Waals surface area contributed by atoms with Gasteiger partial charge in [0.25, 0.3) is 0 Å². The molecule has 2 N–H and O–H groups in total. The van der Waals surface area contributed by atoms with Crippen LogP contribution in [0.1, 0.15) is 45.2 Å². The highest BCUT2D eigenvalue weighted by atomic mass is 16.3. The summed E-state index contributed by atoms with van der Waals surface area (Å²) in [6.45, 7) is 4.19. The van der Waals surface area contributed by atoms with E-state index in [1.54, 1.807) is 24.3 Å². The van der Waals surface area contributed by atoms with E-state index in [1.165, 1.54) is 22.3 Å². The Hall–Kier alpha value is -3.52. The lowest BCUT2D eigenvalue weighted by Crippen LogP contribution is -2.15. The van der Waals surface area contributed by atoms with Crippen LogP contribution in [0.15, 0.2) is 97.1 Å². The van der Waals surface area contributed by atoms with E-state index < -0.39 is 0 Å². The molecule has 0 bridgehead atoms. The van der Waals surface area contributed by atoms with Crippen LogP contribution >= 0.6 is 0 Å². The van der Waals surface area contributed by atoms with Crippen LogP contribution in [0.4, 0.5) is 0 Å². The van der Waals surface area contributed by atoms with Gasteiger partial charge in [0.2, 0.25) is 0 Å². The molecule has 0 radical (unpaired) electrons. The van der Waals surface area contributed by atoms with E-state index in [1.807, 2.05) is 24.3 Å². The highest BCUT2D eigenvalue weighted by Gasteiger charge is 2.28. The van der Waals surface area contributed by atoms with Crippen LogP contribution in [0.3, 0.4) is 0 Å². The summed E-state index contributed by atoms with van der Waals surface area (Å²) >= 11 is 0. The van der Waals surface area contributed by atoms with Crippen molar-refractivity contribution in [2.45, 2.75) is 25.7 Å². The average Bonchev–Trinajstić information content (AvgIpc) is 2.75. The Labute approximate surface area is 178 Å². The molecule has 0 aliphatic rings. The maximum atomic E-state index is 9.85. The smallest absolute Gasteiger partial charge is 0.115 e. The zero-order chi connectivity index (χ0) is 21.1. The number of phenols is 2. The van der Waals surface area contributed by atoms with E-state index in [9.17, 15) is 10.2 Å². The molecule has 0 aromatic heterocycles. The molecule has 2 heteroatoms. The molecule has 0 aliphatic carbocycles.